The third-order valence-corrected chi connectivity index (χ3v) is 3.20. The molecule has 0 bridgehead atoms. The molecule has 22 heavy (non-hydrogen) atoms. The summed E-state index contributed by atoms with van der Waals surface area (Å²) in [6.45, 7) is 1.73. The van der Waals surface area contributed by atoms with Crippen LogP contribution in [0.25, 0.3) is 0 Å². The summed E-state index contributed by atoms with van der Waals surface area (Å²) in [5.41, 5.74) is 1.70. The van der Waals surface area contributed by atoms with Crippen LogP contribution in [0.3, 0.4) is 0 Å². The number of carbonyl (C=O) groups excluding carboxylic acids is 1. The van der Waals surface area contributed by atoms with Crippen molar-refractivity contribution in [2.24, 2.45) is 10.9 Å². The van der Waals surface area contributed by atoms with Crippen LogP contribution < -0.4 is 10.8 Å². The van der Waals surface area contributed by atoms with Gasteiger partial charge in [-0.05, 0) is 30.7 Å². The number of amides is 1. The minimum Gasteiger partial charge on any atom is -0.359 e. The summed E-state index contributed by atoms with van der Waals surface area (Å²) in [5.74, 6) is -0.598. The number of nitrogens with zero attached hydrogens (tertiary/aromatic N) is 2. The van der Waals surface area contributed by atoms with Gasteiger partial charge in [0, 0.05) is 13.2 Å². The van der Waals surface area contributed by atoms with Crippen molar-refractivity contribution in [1.82, 2.24) is 10.3 Å². The van der Waals surface area contributed by atoms with E-state index in [1.807, 2.05) is 0 Å². The molecule has 1 heterocycles. The Balaban J connectivity index is 2.47. The number of benzene rings is 1. The van der Waals surface area contributed by atoms with Gasteiger partial charge in [0.15, 0.2) is 5.82 Å². The fraction of sp³-hybridized carbons (Fsp3) is 0.188. The van der Waals surface area contributed by atoms with Crippen molar-refractivity contribution in [2.45, 2.75) is 6.92 Å². The lowest BCUT2D eigenvalue weighted by molar-refractivity contribution is -0.122. The monoisotopic (exact) mass is 295 g/mol. The predicted octanol–water partition coefficient (Wildman–Crippen LogP) is 1.52. The molecule has 0 saturated heterocycles. The van der Waals surface area contributed by atoms with Crippen LogP contribution in [0.4, 0.5) is 10.2 Å². The largest absolute Gasteiger partial charge is 0.359 e. The molecule has 1 N–H and O–H groups in total. The molecule has 1 aromatic heterocycles. The molecule has 4 nitrogen and oxygen atoms in total. The second kappa shape index (κ2) is 6.98. The summed E-state index contributed by atoms with van der Waals surface area (Å²) in [7, 11) is 7.16. The van der Waals surface area contributed by atoms with Crippen molar-refractivity contribution in [3.8, 4) is 0 Å². The van der Waals surface area contributed by atoms with Crippen molar-refractivity contribution in [1.29, 1.82) is 0 Å². The van der Waals surface area contributed by atoms with Crippen LogP contribution in [0, 0.1) is 11.7 Å². The summed E-state index contributed by atoms with van der Waals surface area (Å²) in [5, 5.41) is 2.59. The molecule has 1 aromatic carbocycles. The van der Waals surface area contributed by atoms with E-state index in [0.29, 0.717) is 22.6 Å². The van der Waals surface area contributed by atoms with E-state index in [0.717, 1.165) is 0 Å². The summed E-state index contributed by atoms with van der Waals surface area (Å²) in [6.07, 6.45) is 1.49. The molecule has 6 heteroatoms. The normalized spacial score (nSPS) is 12.8. The SMILES string of the molecule is [B]c1ccc(N=C(c2ccc(F)cc2)C(C)C(=O)NC)nc1. The molecule has 2 radical (unpaired) electrons. The quantitative estimate of drug-likeness (QED) is 0.687. The average Bonchev–Trinajstić information content (AvgIpc) is 2.54. The van der Waals surface area contributed by atoms with E-state index in [1.54, 1.807) is 38.2 Å². The zero-order valence-corrected chi connectivity index (χ0v) is 12.4. The molecule has 0 spiro atoms. The third kappa shape index (κ3) is 3.78. The Hall–Kier alpha value is -2.50. The number of carbonyl (C=O) groups is 1. The minimum atomic E-state index is -0.505. The number of aliphatic imine (C=N–C) groups is 1. The Bertz CT molecular complexity index is 684. The van der Waals surface area contributed by atoms with Gasteiger partial charge in [-0.1, -0.05) is 23.7 Å². The number of nitrogens with one attached hydrogen (secondary N) is 1. The molecule has 0 aliphatic heterocycles. The highest BCUT2D eigenvalue weighted by molar-refractivity contribution is 6.32. The van der Waals surface area contributed by atoms with Crippen LogP contribution >= 0.6 is 0 Å². The van der Waals surface area contributed by atoms with Crippen LogP contribution in [0.1, 0.15) is 12.5 Å². The molecule has 2 rings (SSSR count). The van der Waals surface area contributed by atoms with E-state index in [1.165, 1.54) is 18.3 Å². The van der Waals surface area contributed by atoms with Gasteiger partial charge in [-0.15, -0.1) is 0 Å². The van der Waals surface area contributed by atoms with Gasteiger partial charge in [-0.25, -0.2) is 14.4 Å². The predicted molar refractivity (Wildman–Crippen MR) is 85.5 cm³/mol. The molecular formula is C16H15BFN3O. The number of pyridine rings is 1. The van der Waals surface area contributed by atoms with Gasteiger partial charge in [0.25, 0.3) is 0 Å². The molecule has 110 valence electrons. The zero-order chi connectivity index (χ0) is 16.1. The molecule has 0 saturated carbocycles. The van der Waals surface area contributed by atoms with Crippen LogP contribution in [-0.2, 0) is 4.79 Å². The molecule has 2 aromatic rings. The first kappa shape index (κ1) is 15.9. The maximum atomic E-state index is 13.1. The Kier molecular flexibility index (Phi) is 5.04. The first-order valence-corrected chi connectivity index (χ1v) is 6.79. The lowest BCUT2D eigenvalue weighted by Crippen LogP contribution is -2.31. The fourth-order valence-corrected chi connectivity index (χ4v) is 1.96. The number of aromatic nitrogens is 1. The number of halogens is 1. The number of rotatable bonds is 4. The summed E-state index contributed by atoms with van der Waals surface area (Å²) >= 11 is 0. The van der Waals surface area contributed by atoms with Crippen LogP contribution in [-0.4, -0.2) is 31.5 Å². The first-order chi connectivity index (χ1) is 10.5. The highest BCUT2D eigenvalue weighted by Gasteiger charge is 2.20. The van der Waals surface area contributed by atoms with Crippen LogP contribution in [0.2, 0.25) is 0 Å². The van der Waals surface area contributed by atoms with E-state index in [2.05, 4.69) is 15.3 Å². The summed E-state index contributed by atoms with van der Waals surface area (Å²) in [6, 6.07) is 9.18. The van der Waals surface area contributed by atoms with Gasteiger partial charge in [0.1, 0.15) is 13.7 Å². The summed E-state index contributed by atoms with van der Waals surface area (Å²) < 4.78 is 13.1. The maximum Gasteiger partial charge on any atom is 0.228 e. The van der Waals surface area contributed by atoms with Gasteiger partial charge in [-0.2, -0.15) is 0 Å². The molecule has 1 atom stereocenters. The van der Waals surface area contributed by atoms with Gasteiger partial charge in [0.05, 0.1) is 11.6 Å². The minimum absolute atomic E-state index is 0.182. The van der Waals surface area contributed by atoms with Gasteiger partial charge >= 0.3 is 0 Å². The fourth-order valence-electron chi connectivity index (χ4n) is 1.96. The standard InChI is InChI=1S/C16H15BFN3O/c1-10(16(22)19-2)15(11-3-6-13(18)7-4-11)21-14-8-5-12(17)9-20-14/h3-10H,1-2H3,(H,19,22). The Morgan fingerprint density at radius 1 is 1.27 bits per heavy atom. The lowest BCUT2D eigenvalue weighted by Gasteiger charge is -2.14. The second-order valence-corrected chi connectivity index (χ2v) is 4.79. The molecule has 0 fully saturated rings. The number of hydrogen-bond acceptors (Lipinski definition) is 3. The van der Waals surface area contributed by atoms with Gasteiger partial charge < -0.3 is 5.32 Å². The van der Waals surface area contributed by atoms with E-state index in [-0.39, 0.29) is 11.7 Å². The highest BCUT2D eigenvalue weighted by Crippen LogP contribution is 2.16. The van der Waals surface area contributed by atoms with Crippen molar-refractivity contribution in [3.05, 3.63) is 54.0 Å². The molecule has 0 aliphatic carbocycles. The topological polar surface area (TPSA) is 54.4 Å². The van der Waals surface area contributed by atoms with Gasteiger partial charge in [-0.3, -0.25) is 4.79 Å². The average molecular weight is 295 g/mol. The summed E-state index contributed by atoms with van der Waals surface area (Å²) in [4.78, 5) is 20.5. The van der Waals surface area contributed by atoms with Crippen LogP contribution in [0.5, 0.6) is 0 Å². The molecule has 1 unspecified atom stereocenters. The van der Waals surface area contributed by atoms with Crippen molar-refractivity contribution < 1.29 is 9.18 Å². The van der Waals surface area contributed by atoms with Crippen molar-refractivity contribution in [2.75, 3.05) is 7.05 Å². The highest BCUT2D eigenvalue weighted by atomic mass is 19.1. The first-order valence-electron chi connectivity index (χ1n) is 6.79. The molecule has 0 aliphatic rings. The van der Waals surface area contributed by atoms with Crippen molar-refractivity contribution >= 4 is 30.7 Å². The van der Waals surface area contributed by atoms with E-state index in [9.17, 15) is 9.18 Å². The smallest absolute Gasteiger partial charge is 0.228 e. The van der Waals surface area contributed by atoms with Crippen LogP contribution in [0.15, 0.2) is 47.6 Å². The molecular weight excluding hydrogens is 280 g/mol. The van der Waals surface area contributed by atoms with E-state index in [4.69, 9.17) is 7.85 Å². The Morgan fingerprint density at radius 3 is 2.50 bits per heavy atom. The van der Waals surface area contributed by atoms with Gasteiger partial charge in [0.2, 0.25) is 5.91 Å². The third-order valence-electron chi connectivity index (χ3n) is 3.20. The lowest BCUT2D eigenvalue weighted by atomic mass is 9.97. The second-order valence-electron chi connectivity index (χ2n) is 4.79. The maximum absolute atomic E-state index is 13.1. The Morgan fingerprint density at radius 2 is 1.95 bits per heavy atom. The van der Waals surface area contributed by atoms with E-state index < -0.39 is 5.92 Å². The number of hydrogen-bond donors (Lipinski definition) is 1. The van der Waals surface area contributed by atoms with Crippen molar-refractivity contribution in [3.63, 3.8) is 0 Å². The van der Waals surface area contributed by atoms with E-state index >= 15 is 0 Å². The molecule has 1 amide bonds. The Labute approximate surface area is 129 Å². The zero-order valence-electron chi connectivity index (χ0n) is 12.4.